The van der Waals surface area contributed by atoms with Crippen LogP contribution in [0, 0.1) is 6.92 Å². The van der Waals surface area contributed by atoms with Gasteiger partial charge in [0, 0.05) is 16.6 Å². The molecule has 0 atom stereocenters. The Morgan fingerprint density at radius 1 is 1.59 bits per heavy atom. The number of halogens is 2. The minimum atomic E-state index is -1.02. The summed E-state index contributed by atoms with van der Waals surface area (Å²) in [5.41, 5.74) is 2.31. The summed E-state index contributed by atoms with van der Waals surface area (Å²) in [6.07, 6.45) is 2.12. The zero-order valence-corrected chi connectivity index (χ0v) is 12.1. The minimum Gasteiger partial charge on any atom is -0.477 e. The fourth-order valence-electron chi connectivity index (χ4n) is 1.63. The fraction of sp³-hybridized carbons (Fsp3) is 0.300. The van der Waals surface area contributed by atoms with Crippen LogP contribution in [-0.4, -0.2) is 31.0 Å². The van der Waals surface area contributed by atoms with E-state index < -0.39 is 5.97 Å². The molecule has 2 rings (SSSR count). The van der Waals surface area contributed by atoms with Gasteiger partial charge in [-0.05, 0) is 29.3 Å². The number of aromatic nitrogens is 3. The Morgan fingerprint density at radius 2 is 2.29 bits per heavy atom. The number of fused-ring (bicyclic) bond motifs is 1. The molecule has 2 aromatic heterocycles. The Morgan fingerprint density at radius 3 is 2.88 bits per heavy atom. The maximum atomic E-state index is 11.0. The second-order valence-electron chi connectivity index (χ2n) is 3.50. The van der Waals surface area contributed by atoms with E-state index >= 15 is 0 Å². The Kier molecular flexibility index (Phi) is 3.48. The molecule has 0 amide bonds. The van der Waals surface area contributed by atoms with Gasteiger partial charge in [-0.25, -0.2) is 14.3 Å². The molecule has 17 heavy (non-hydrogen) atoms. The van der Waals surface area contributed by atoms with Crippen LogP contribution in [0.3, 0.4) is 0 Å². The number of nitrogens with zero attached hydrogens (tertiary/aromatic N) is 3. The van der Waals surface area contributed by atoms with E-state index in [1.165, 1.54) is 10.7 Å². The van der Waals surface area contributed by atoms with E-state index in [1.54, 1.807) is 0 Å². The van der Waals surface area contributed by atoms with Gasteiger partial charge >= 0.3 is 5.97 Å². The van der Waals surface area contributed by atoms with E-state index in [2.05, 4.69) is 41.9 Å². The van der Waals surface area contributed by atoms with Gasteiger partial charge in [-0.15, -0.1) is 0 Å². The summed E-state index contributed by atoms with van der Waals surface area (Å²) in [7, 11) is 0. The number of carboxylic acid groups (broad SMARTS) is 1. The smallest absolute Gasteiger partial charge is 0.341 e. The average molecular weight is 363 g/mol. The van der Waals surface area contributed by atoms with Crippen LogP contribution < -0.4 is 0 Å². The van der Waals surface area contributed by atoms with Crippen molar-refractivity contribution in [2.24, 2.45) is 0 Å². The van der Waals surface area contributed by atoms with Crippen molar-refractivity contribution in [2.75, 3.05) is 5.33 Å². The molecule has 0 aliphatic carbocycles. The molecule has 1 N–H and O–H groups in total. The highest BCUT2D eigenvalue weighted by Gasteiger charge is 2.17. The summed E-state index contributed by atoms with van der Waals surface area (Å²) < 4.78 is 2.26. The van der Waals surface area contributed by atoms with Gasteiger partial charge in [-0.1, -0.05) is 15.9 Å². The first-order chi connectivity index (χ1) is 8.06. The van der Waals surface area contributed by atoms with E-state index in [-0.39, 0.29) is 5.56 Å². The predicted molar refractivity (Wildman–Crippen MR) is 69.9 cm³/mol. The first kappa shape index (κ1) is 12.5. The molecule has 0 radical (unpaired) electrons. The lowest BCUT2D eigenvalue weighted by atomic mass is 10.2. The quantitative estimate of drug-likeness (QED) is 0.672. The maximum Gasteiger partial charge on any atom is 0.341 e. The molecule has 2 aromatic rings. The van der Waals surface area contributed by atoms with Crippen molar-refractivity contribution in [1.82, 2.24) is 14.6 Å². The van der Waals surface area contributed by atoms with Gasteiger partial charge in [0.15, 0.2) is 5.65 Å². The summed E-state index contributed by atoms with van der Waals surface area (Å²) in [6.45, 7) is 1.86. The Bertz CT molecular complexity index is 595. The molecule has 5 nitrogen and oxygen atoms in total. The molecule has 0 bridgehead atoms. The van der Waals surface area contributed by atoms with E-state index in [0.29, 0.717) is 5.65 Å². The maximum absolute atomic E-state index is 11.0. The van der Waals surface area contributed by atoms with Crippen molar-refractivity contribution in [3.05, 3.63) is 27.6 Å². The monoisotopic (exact) mass is 361 g/mol. The van der Waals surface area contributed by atoms with Gasteiger partial charge in [-0.3, -0.25) is 0 Å². The van der Waals surface area contributed by atoms with Gasteiger partial charge in [-0.2, -0.15) is 5.10 Å². The molecule has 0 spiro atoms. The lowest BCUT2D eigenvalue weighted by Gasteiger charge is -2.08. The first-order valence-electron chi connectivity index (χ1n) is 4.88. The molecule has 0 aliphatic rings. The van der Waals surface area contributed by atoms with Crippen LogP contribution in [-0.2, 0) is 6.42 Å². The second kappa shape index (κ2) is 4.73. The Balaban J connectivity index is 2.74. The van der Waals surface area contributed by atoms with Gasteiger partial charge < -0.3 is 5.11 Å². The van der Waals surface area contributed by atoms with Crippen molar-refractivity contribution < 1.29 is 9.90 Å². The van der Waals surface area contributed by atoms with Crippen LogP contribution in [0.2, 0.25) is 0 Å². The van der Waals surface area contributed by atoms with Crippen LogP contribution in [0.1, 0.15) is 21.6 Å². The molecule has 90 valence electrons. The third kappa shape index (κ3) is 2.09. The van der Waals surface area contributed by atoms with Crippen molar-refractivity contribution in [3.8, 4) is 0 Å². The molecule has 0 saturated carbocycles. The van der Waals surface area contributed by atoms with Crippen LogP contribution >= 0.6 is 31.9 Å². The Hall–Kier alpha value is -0.950. The van der Waals surface area contributed by atoms with Crippen molar-refractivity contribution >= 4 is 43.5 Å². The van der Waals surface area contributed by atoms with Gasteiger partial charge in [0.1, 0.15) is 10.2 Å². The zero-order valence-electron chi connectivity index (χ0n) is 8.94. The zero-order chi connectivity index (χ0) is 12.6. The van der Waals surface area contributed by atoms with Crippen LogP contribution in [0.5, 0.6) is 0 Å². The number of rotatable bonds is 3. The van der Waals surface area contributed by atoms with Gasteiger partial charge in [0.25, 0.3) is 0 Å². The summed E-state index contributed by atoms with van der Waals surface area (Å²) >= 11 is 6.82. The molecule has 0 fully saturated rings. The van der Waals surface area contributed by atoms with E-state index in [0.717, 1.165) is 27.6 Å². The normalized spacial score (nSPS) is 11.0. The number of alkyl halides is 1. The standard InChI is InChI=1S/C10H9Br2N3O2/c1-5-6(2-3-11)8(12)15-9(14-5)7(4-13-15)10(16)17/h4H,2-3H2,1H3,(H,16,17). The molecule has 0 unspecified atom stereocenters. The highest BCUT2D eigenvalue weighted by atomic mass is 79.9. The molecule has 0 saturated heterocycles. The topological polar surface area (TPSA) is 67.5 Å². The van der Waals surface area contributed by atoms with Crippen molar-refractivity contribution in [3.63, 3.8) is 0 Å². The molecule has 7 heteroatoms. The fourth-order valence-corrected chi connectivity index (χ4v) is 2.77. The van der Waals surface area contributed by atoms with E-state index in [1.807, 2.05) is 6.92 Å². The highest BCUT2D eigenvalue weighted by Crippen LogP contribution is 2.23. The first-order valence-corrected chi connectivity index (χ1v) is 6.79. The SMILES string of the molecule is Cc1nc2c(C(=O)O)cnn2c(Br)c1CCBr. The van der Waals surface area contributed by atoms with Crippen LogP contribution in [0.25, 0.3) is 5.65 Å². The van der Waals surface area contributed by atoms with Crippen LogP contribution in [0.15, 0.2) is 10.8 Å². The lowest BCUT2D eigenvalue weighted by Crippen LogP contribution is -2.05. The number of carbonyl (C=O) groups is 1. The summed E-state index contributed by atoms with van der Waals surface area (Å²) in [5, 5.41) is 13.9. The molecule has 0 aromatic carbocycles. The molecule has 0 aliphatic heterocycles. The van der Waals surface area contributed by atoms with E-state index in [4.69, 9.17) is 5.11 Å². The number of carboxylic acids is 1. The summed E-state index contributed by atoms with van der Waals surface area (Å²) in [6, 6.07) is 0. The van der Waals surface area contributed by atoms with Crippen molar-refractivity contribution in [2.45, 2.75) is 13.3 Å². The number of aromatic carboxylic acids is 1. The minimum absolute atomic E-state index is 0.110. The predicted octanol–water partition coefficient (Wildman–Crippen LogP) is 2.44. The average Bonchev–Trinajstić information content (AvgIpc) is 2.68. The number of hydrogen-bond donors (Lipinski definition) is 1. The Labute approximate surface area is 114 Å². The lowest BCUT2D eigenvalue weighted by molar-refractivity contribution is 0.0699. The highest BCUT2D eigenvalue weighted by molar-refractivity contribution is 9.10. The largest absolute Gasteiger partial charge is 0.477 e. The summed E-state index contributed by atoms with van der Waals surface area (Å²) in [5.74, 6) is -1.02. The van der Waals surface area contributed by atoms with E-state index in [9.17, 15) is 4.79 Å². The van der Waals surface area contributed by atoms with Crippen molar-refractivity contribution in [1.29, 1.82) is 0 Å². The second-order valence-corrected chi connectivity index (χ2v) is 5.05. The van der Waals surface area contributed by atoms with Gasteiger partial charge in [0.2, 0.25) is 0 Å². The number of hydrogen-bond acceptors (Lipinski definition) is 3. The van der Waals surface area contributed by atoms with Crippen LogP contribution in [0.4, 0.5) is 0 Å². The third-order valence-electron chi connectivity index (χ3n) is 2.46. The summed E-state index contributed by atoms with van der Waals surface area (Å²) in [4.78, 5) is 15.3. The molecule has 2 heterocycles. The molecular weight excluding hydrogens is 354 g/mol. The van der Waals surface area contributed by atoms with Gasteiger partial charge in [0.05, 0.1) is 6.20 Å². The third-order valence-corrected chi connectivity index (χ3v) is 3.68. The number of aryl methyl sites for hydroxylation is 1. The molecular formula is C10H9Br2N3O2.